The molecule has 0 amide bonds. The van der Waals surface area contributed by atoms with Crippen LogP contribution in [0.1, 0.15) is 44.1 Å². The molecule has 1 unspecified atom stereocenters. The Morgan fingerprint density at radius 3 is 2.38 bits per heavy atom. The molecule has 0 heterocycles. The normalized spacial score (nSPS) is 18.3. The van der Waals surface area contributed by atoms with E-state index >= 15 is 0 Å². The van der Waals surface area contributed by atoms with Crippen LogP contribution in [0.15, 0.2) is 29.2 Å². The topological polar surface area (TPSA) is 63.2 Å². The molecule has 0 radical (unpaired) electrons. The van der Waals surface area contributed by atoms with E-state index in [-0.39, 0.29) is 23.3 Å². The Balaban J connectivity index is 2.14. The van der Waals surface area contributed by atoms with E-state index in [0.717, 1.165) is 37.5 Å². The van der Waals surface area contributed by atoms with Gasteiger partial charge in [0.1, 0.15) is 6.29 Å². The van der Waals surface area contributed by atoms with Gasteiger partial charge in [-0.15, -0.1) is 0 Å². The van der Waals surface area contributed by atoms with Gasteiger partial charge in [0.2, 0.25) is 10.0 Å². The highest BCUT2D eigenvalue weighted by Gasteiger charge is 2.27. The van der Waals surface area contributed by atoms with Crippen molar-refractivity contribution in [1.82, 2.24) is 4.72 Å². The average Bonchev–Trinajstić information content (AvgIpc) is 2.48. The number of aryl methyl sites for hydroxylation is 1. The van der Waals surface area contributed by atoms with Crippen LogP contribution in [0, 0.1) is 12.8 Å². The van der Waals surface area contributed by atoms with E-state index in [4.69, 9.17) is 0 Å². The summed E-state index contributed by atoms with van der Waals surface area (Å²) in [5.74, 6) is 0.268. The number of carbonyl (C=O) groups excluding carboxylic acids is 1. The molecular formula is C16H23NO3S. The van der Waals surface area contributed by atoms with Crippen molar-refractivity contribution in [3.05, 3.63) is 29.8 Å². The Bertz CT molecular complexity index is 560. The van der Waals surface area contributed by atoms with E-state index in [0.29, 0.717) is 0 Å². The van der Waals surface area contributed by atoms with Crippen molar-refractivity contribution in [2.75, 3.05) is 0 Å². The SMILES string of the molecule is Cc1ccc(S(=O)(=O)NC(CC=O)C2CCCCC2)cc1. The highest BCUT2D eigenvalue weighted by atomic mass is 32.2. The van der Waals surface area contributed by atoms with Gasteiger partial charge in [0.05, 0.1) is 4.90 Å². The van der Waals surface area contributed by atoms with Crippen molar-refractivity contribution in [1.29, 1.82) is 0 Å². The smallest absolute Gasteiger partial charge is 0.240 e. The van der Waals surface area contributed by atoms with Gasteiger partial charge >= 0.3 is 0 Å². The maximum Gasteiger partial charge on any atom is 0.240 e. The van der Waals surface area contributed by atoms with Gasteiger partial charge < -0.3 is 4.79 Å². The Hall–Kier alpha value is -1.20. The summed E-state index contributed by atoms with van der Waals surface area (Å²) in [5, 5.41) is 0. The van der Waals surface area contributed by atoms with E-state index in [1.165, 1.54) is 6.42 Å². The van der Waals surface area contributed by atoms with Crippen LogP contribution in [0.4, 0.5) is 0 Å². The van der Waals surface area contributed by atoms with Crippen molar-refractivity contribution >= 4 is 16.3 Å². The van der Waals surface area contributed by atoms with Crippen LogP contribution < -0.4 is 4.72 Å². The van der Waals surface area contributed by atoms with Gasteiger partial charge in [-0.05, 0) is 37.8 Å². The molecule has 0 aromatic heterocycles. The van der Waals surface area contributed by atoms with E-state index in [1.807, 2.05) is 6.92 Å². The molecule has 0 bridgehead atoms. The van der Waals surface area contributed by atoms with Crippen molar-refractivity contribution in [3.8, 4) is 0 Å². The highest BCUT2D eigenvalue weighted by Crippen LogP contribution is 2.28. The number of sulfonamides is 1. The van der Waals surface area contributed by atoms with Crippen LogP contribution in [0.3, 0.4) is 0 Å². The predicted octanol–water partition coefficient (Wildman–Crippen LogP) is 2.81. The number of hydrogen-bond donors (Lipinski definition) is 1. The molecule has 4 nitrogen and oxygen atoms in total. The monoisotopic (exact) mass is 309 g/mol. The van der Waals surface area contributed by atoms with Crippen LogP contribution in [0.25, 0.3) is 0 Å². The first-order valence-electron chi connectivity index (χ1n) is 7.55. The van der Waals surface area contributed by atoms with Crippen LogP contribution in [-0.4, -0.2) is 20.7 Å². The fourth-order valence-electron chi connectivity index (χ4n) is 2.96. The van der Waals surface area contributed by atoms with Crippen molar-refractivity contribution in [2.45, 2.75) is 56.4 Å². The van der Waals surface area contributed by atoms with Crippen molar-refractivity contribution < 1.29 is 13.2 Å². The largest absolute Gasteiger partial charge is 0.303 e. The molecule has 1 aromatic rings. The molecule has 1 aliphatic carbocycles. The lowest BCUT2D eigenvalue weighted by molar-refractivity contribution is -0.108. The van der Waals surface area contributed by atoms with Crippen LogP contribution in [-0.2, 0) is 14.8 Å². The molecule has 1 N–H and O–H groups in total. The summed E-state index contributed by atoms with van der Waals surface area (Å²) in [6, 6.07) is 6.50. The number of nitrogens with one attached hydrogen (secondary N) is 1. The Morgan fingerprint density at radius 2 is 1.81 bits per heavy atom. The quantitative estimate of drug-likeness (QED) is 0.822. The first-order chi connectivity index (χ1) is 10.0. The summed E-state index contributed by atoms with van der Waals surface area (Å²) >= 11 is 0. The van der Waals surface area contributed by atoms with E-state index in [9.17, 15) is 13.2 Å². The van der Waals surface area contributed by atoms with Crippen molar-refractivity contribution in [3.63, 3.8) is 0 Å². The Kier molecular flexibility index (Phi) is 5.53. The van der Waals surface area contributed by atoms with Crippen molar-refractivity contribution in [2.24, 2.45) is 5.92 Å². The molecule has 21 heavy (non-hydrogen) atoms. The molecule has 2 rings (SSSR count). The Labute approximate surface area is 127 Å². The van der Waals surface area contributed by atoms with Gasteiger partial charge in [0.25, 0.3) is 0 Å². The zero-order valence-electron chi connectivity index (χ0n) is 12.4. The third-order valence-corrected chi connectivity index (χ3v) is 5.71. The van der Waals surface area contributed by atoms with Gasteiger partial charge in [-0.3, -0.25) is 0 Å². The number of hydrogen-bond acceptors (Lipinski definition) is 3. The number of rotatable bonds is 6. The minimum Gasteiger partial charge on any atom is -0.303 e. The van der Waals surface area contributed by atoms with Crippen LogP contribution in [0.5, 0.6) is 0 Å². The average molecular weight is 309 g/mol. The summed E-state index contributed by atoms with van der Waals surface area (Å²) in [4.78, 5) is 11.2. The zero-order valence-corrected chi connectivity index (χ0v) is 13.2. The highest BCUT2D eigenvalue weighted by molar-refractivity contribution is 7.89. The molecule has 1 fully saturated rings. The van der Waals surface area contributed by atoms with Gasteiger partial charge in [-0.1, -0.05) is 37.0 Å². The second kappa shape index (κ2) is 7.18. The number of carbonyl (C=O) groups is 1. The molecule has 0 aliphatic heterocycles. The van der Waals surface area contributed by atoms with Gasteiger partial charge in [0.15, 0.2) is 0 Å². The Morgan fingerprint density at radius 1 is 1.19 bits per heavy atom. The lowest BCUT2D eigenvalue weighted by atomic mass is 9.83. The second-order valence-electron chi connectivity index (χ2n) is 5.84. The first kappa shape index (κ1) is 16.2. The van der Waals surface area contributed by atoms with E-state index in [1.54, 1.807) is 24.3 Å². The lowest BCUT2D eigenvalue weighted by Gasteiger charge is -2.29. The van der Waals surface area contributed by atoms with E-state index < -0.39 is 10.0 Å². The molecule has 0 saturated heterocycles. The fraction of sp³-hybridized carbons (Fsp3) is 0.562. The fourth-order valence-corrected chi connectivity index (χ4v) is 4.28. The molecule has 1 atom stereocenters. The summed E-state index contributed by atoms with van der Waals surface area (Å²) < 4.78 is 27.6. The predicted molar refractivity (Wildman–Crippen MR) is 82.5 cm³/mol. The summed E-state index contributed by atoms with van der Waals surface area (Å²) in [6.07, 6.45) is 6.49. The third-order valence-electron chi connectivity index (χ3n) is 4.21. The second-order valence-corrected chi connectivity index (χ2v) is 7.56. The summed E-state index contributed by atoms with van der Waals surface area (Å²) in [6.45, 7) is 1.92. The standard InChI is InChI=1S/C16H23NO3S/c1-13-7-9-15(10-8-13)21(19,20)17-16(11-12-18)14-5-3-2-4-6-14/h7-10,12,14,16-17H,2-6,11H2,1H3. The lowest BCUT2D eigenvalue weighted by Crippen LogP contribution is -2.41. The van der Waals surface area contributed by atoms with Gasteiger partial charge in [0, 0.05) is 12.5 Å². The maximum absolute atomic E-state index is 12.4. The van der Waals surface area contributed by atoms with Gasteiger partial charge in [-0.2, -0.15) is 0 Å². The zero-order chi connectivity index (χ0) is 15.3. The van der Waals surface area contributed by atoms with Crippen LogP contribution in [0.2, 0.25) is 0 Å². The molecule has 1 saturated carbocycles. The molecular weight excluding hydrogens is 286 g/mol. The molecule has 0 spiro atoms. The number of benzene rings is 1. The van der Waals surface area contributed by atoms with Gasteiger partial charge in [-0.25, -0.2) is 13.1 Å². The molecule has 5 heteroatoms. The minimum absolute atomic E-state index is 0.246. The minimum atomic E-state index is -3.56. The third kappa shape index (κ3) is 4.38. The molecule has 116 valence electrons. The molecule has 1 aliphatic rings. The summed E-state index contributed by atoms with van der Waals surface area (Å²) in [5.41, 5.74) is 1.02. The van der Waals surface area contributed by atoms with E-state index in [2.05, 4.69) is 4.72 Å². The summed E-state index contributed by atoms with van der Waals surface area (Å²) in [7, 11) is -3.56. The first-order valence-corrected chi connectivity index (χ1v) is 9.04. The maximum atomic E-state index is 12.4. The van der Waals surface area contributed by atoms with Crippen LogP contribution >= 0.6 is 0 Å². The molecule has 1 aromatic carbocycles. The number of aldehydes is 1.